The lowest BCUT2D eigenvalue weighted by Crippen LogP contribution is -2.45. The molecule has 1 fully saturated rings. The lowest BCUT2D eigenvalue weighted by Gasteiger charge is -2.33. The summed E-state index contributed by atoms with van der Waals surface area (Å²) in [5, 5.41) is 0. The molecule has 0 saturated heterocycles. The average Bonchev–Trinajstić information content (AvgIpc) is 2.84. The predicted octanol–water partition coefficient (Wildman–Crippen LogP) is 3.45. The summed E-state index contributed by atoms with van der Waals surface area (Å²) in [4.78, 5) is 1.04. The molecule has 0 unspecified atom stereocenters. The molecule has 7 heteroatoms. The van der Waals surface area contributed by atoms with E-state index in [4.69, 9.17) is 0 Å². The first-order chi connectivity index (χ1) is 9.41. The normalized spacial score (nSPS) is 18.1. The van der Waals surface area contributed by atoms with Crippen LogP contribution in [0.3, 0.4) is 0 Å². The van der Waals surface area contributed by atoms with Crippen molar-refractivity contribution >= 4 is 37.5 Å². The van der Waals surface area contributed by atoms with Crippen molar-refractivity contribution in [2.45, 2.75) is 44.7 Å². The fraction of sp³-hybridized carbons (Fsp3) is 0.692. The smallest absolute Gasteiger partial charge is 0.195 e. The Morgan fingerprint density at radius 3 is 2.45 bits per heavy atom. The van der Waals surface area contributed by atoms with E-state index in [1.54, 1.807) is 29.7 Å². The molecule has 1 aromatic rings. The van der Waals surface area contributed by atoms with Gasteiger partial charge in [0, 0.05) is 31.6 Å². The summed E-state index contributed by atoms with van der Waals surface area (Å²) in [7, 11) is -0.0000342. The maximum absolute atomic E-state index is 12.6. The zero-order valence-electron chi connectivity index (χ0n) is 11.9. The molecular weight excluding hydrogens is 360 g/mol. The minimum Gasteiger partial charge on any atom is -0.195 e. The Bertz CT molecular complexity index is 538. The SMILES string of the molecule is CN(Cc1ccc(Br)s1)S(=O)(=O)N(C)C1CCCCC1. The van der Waals surface area contributed by atoms with Crippen LogP contribution in [0.15, 0.2) is 15.9 Å². The average molecular weight is 381 g/mol. The molecule has 0 bridgehead atoms. The molecule has 20 heavy (non-hydrogen) atoms. The first-order valence-electron chi connectivity index (χ1n) is 6.85. The van der Waals surface area contributed by atoms with Crippen LogP contribution in [-0.2, 0) is 16.8 Å². The molecule has 0 aromatic carbocycles. The maximum atomic E-state index is 12.6. The minimum atomic E-state index is -3.37. The molecule has 0 N–H and O–H groups in total. The first kappa shape index (κ1) is 16.4. The van der Waals surface area contributed by atoms with Gasteiger partial charge in [-0.15, -0.1) is 11.3 Å². The number of halogens is 1. The van der Waals surface area contributed by atoms with Gasteiger partial charge in [0.2, 0.25) is 0 Å². The number of thiophene rings is 1. The summed E-state index contributed by atoms with van der Waals surface area (Å²) in [5.41, 5.74) is 0. The Morgan fingerprint density at radius 1 is 1.25 bits per heavy atom. The molecule has 1 saturated carbocycles. The van der Waals surface area contributed by atoms with Crippen molar-refractivity contribution in [2.75, 3.05) is 14.1 Å². The standard InChI is InChI=1S/C13H21BrN2O2S2/c1-15(10-12-8-9-13(14)19-12)20(17,18)16(2)11-6-4-3-5-7-11/h8-9,11H,3-7,10H2,1-2H3. The van der Waals surface area contributed by atoms with Gasteiger partial charge in [-0.1, -0.05) is 19.3 Å². The van der Waals surface area contributed by atoms with Gasteiger partial charge in [0.05, 0.1) is 3.79 Å². The van der Waals surface area contributed by atoms with Crippen LogP contribution in [0.25, 0.3) is 0 Å². The number of rotatable bonds is 5. The van der Waals surface area contributed by atoms with E-state index in [1.165, 1.54) is 10.7 Å². The van der Waals surface area contributed by atoms with E-state index in [1.807, 2.05) is 12.1 Å². The molecular formula is C13H21BrN2O2S2. The van der Waals surface area contributed by atoms with Crippen LogP contribution in [0.2, 0.25) is 0 Å². The van der Waals surface area contributed by atoms with Crippen LogP contribution in [0, 0.1) is 0 Å². The number of nitrogens with zero attached hydrogens (tertiary/aromatic N) is 2. The van der Waals surface area contributed by atoms with E-state index in [9.17, 15) is 8.42 Å². The van der Waals surface area contributed by atoms with E-state index in [0.717, 1.165) is 34.3 Å². The van der Waals surface area contributed by atoms with E-state index >= 15 is 0 Å². The molecule has 1 heterocycles. The Kier molecular flexibility index (Phi) is 5.64. The Morgan fingerprint density at radius 2 is 1.90 bits per heavy atom. The highest BCUT2D eigenvalue weighted by Gasteiger charge is 2.30. The maximum Gasteiger partial charge on any atom is 0.282 e. The first-order valence-corrected chi connectivity index (χ1v) is 9.85. The molecule has 0 aliphatic heterocycles. The Labute approximate surface area is 134 Å². The summed E-state index contributed by atoms with van der Waals surface area (Å²) >= 11 is 4.98. The van der Waals surface area contributed by atoms with Gasteiger partial charge >= 0.3 is 0 Å². The topological polar surface area (TPSA) is 40.6 Å². The molecule has 1 aliphatic carbocycles. The third-order valence-corrected chi connectivity index (χ3v) is 7.41. The molecule has 1 aliphatic rings. The van der Waals surface area contributed by atoms with Gasteiger partial charge in [0.1, 0.15) is 0 Å². The summed E-state index contributed by atoms with van der Waals surface area (Å²) in [6, 6.07) is 4.07. The van der Waals surface area contributed by atoms with Gasteiger partial charge in [-0.25, -0.2) is 0 Å². The van der Waals surface area contributed by atoms with Gasteiger partial charge in [-0.3, -0.25) is 0 Å². The van der Waals surface area contributed by atoms with Crippen LogP contribution in [0.1, 0.15) is 37.0 Å². The van der Waals surface area contributed by atoms with Crippen molar-refractivity contribution in [3.8, 4) is 0 Å². The quantitative estimate of drug-likeness (QED) is 0.784. The molecule has 1 aromatic heterocycles. The summed E-state index contributed by atoms with van der Waals surface area (Å²) in [6.07, 6.45) is 5.45. The highest BCUT2D eigenvalue weighted by molar-refractivity contribution is 9.11. The number of hydrogen-bond donors (Lipinski definition) is 0. The summed E-state index contributed by atoms with van der Waals surface area (Å²) < 4.78 is 29.2. The molecule has 4 nitrogen and oxygen atoms in total. The van der Waals surface area contributed by atoms with Gasteiger partial charge in [0.25, 0.3) is 10.2 Å². The van der Waals surface area contributed by atoms with Crippen LogP contribution >= 0.6 is 27.3 Å². The zero-order valence-corrected chi connectivity index (χ0v) is 15.1. The minimum absolute atomic E-state index is 0.159. The van der Waals surface area contributed by atoms with E-state index in [2.05, 4.69) is 15.9 Å². The van der Waals surface area contributed by atoms with E-state index in [0.29, 0.717) is 6.54 Å². The van der Waals surface area contributed by atoms with Crippen LogP contribution < -0.4 is 0 Å². The molecule has 114 valence electrons. The van der Waals surface area contributed by atoms with Gasteiger partial charge in [0.15, 0.2) is 0 Å². The molecule has 0 radical (unpaired) electrons. The number of hydrogen-bond acceptors (Lipinski definition) is 3. The molecule has 2 rings (SSSR count). The lowest BCUT2D eigenvalue weighted by molar-refractivity contribution is 0.268. The molecule has 0 amide bonds. The lowest BCUT2D eigenvalue weighted by atomic mass is 9.96. The largest absolute Gasteiger partial charge is 0.282 e. The van der Waals surface area contributed by atoms with Crippen molar-refractivity contribution in [1.29, 1.82) is 0 Å². The van der Waals surface area contributed by atoms with Crippen molar-refractivity contribution < 1.29 is 8.42 Å². The second-order valence-corrected chi connectivity index (χ2v) is 9.92. The fourth-order valence-electron chi connectivity index (χ4n) is 2.59. The second-order valence-electron chi connectivity index (χ2n) is 5.28. The second kappa shape index (κ2) is 6.87. The van der Waals surface area contributed by atoms with Gasteiger partial charge < -0.3 is 0 Å². The molecule has 0 spiro atoms. The van der Waals surface area contributed by atoms with Crippen molar-refractivity contribution in [3.63, 3.8) is 0 Å². The van der Waals surface area contributed by atoms with E-state index in [-0.39, 0.29) is 6.04 Å². The third kappa shape index (κ3) is 3.82. The van der Waals surface area contributed by atoms with Crippen LogP contribution in [-0.4, -0.2) is 37.2 Å². The van der Waals surface area contributed by atoms with Gasteiger partial charge in [-0.2, -0.15) is 17.0 Å². The Hall–Kier alpha value is 0.0500. The van der Waals surface area contributed by atoms with Crippen molar-refractivity contribution in [1.82, 2.24) is 8.61 Å². The highest BCUT2D eigenvalue weighted by atomic mass is 79.9. The van der Waals surface area contributed by atoms with Crippen LogP contribution in [0.5, 0.6) is 0 Å². The van der Waals surface area contributed by atoms with Gasteiger partial charge in [-0.05, 0) is 40.9 Å². The molecule has 0 atom stereocenters. The third-order valence-electron chi connectivity index (χ3n) is 3.85. The fourth-order valence-corrected chi connectivity index (χ4v) is 5.54. The summed E-state index contributed by atoms with van der Waals surface area (Å²) in [5.74, 6) is 0. The predicted molar refractivity (Wildman–Crippen MR) is 87.0 cm³/mol. The van der Waals surface area contributed by atoms with Crippen molar-refractivity contribution in [3.05, 3.63) is 20.8 Å². The highest BCUT2D eigenvalue weighted by Crippen LogP contribution is 2.27. The monoisotopic (exact) mass is 380 g/mol. The van der Waals surface area contributed by atoms with E-state index < -0.39 is 10.2 Å². The zero-order chi connectivity index (χ0) is 14.8. The van der Waals surface area contributed by atoms with Crippen LogP contribution in [0.4, 0.5) is 0 Å². The summed E-state index contributed by atoms with van der Waals surface area (Å²) in [6.45, 7) is 0.426. The van der Waals surface area contributed by atoms with Crippen molar-refractivity contribution in [2.24, 2.45) is 0 Å². The Balaban J connectivity index is 2.04.